The lowest BCUT2D eigenvalue weighted by molar-refractivity contribution is 0.115. The summed E-state index contributed by atoms with van der Waals surface area (Å²) in [5.41, 5.74) is 0. The summed E-state index contributed by atoms with van der Waals surface area (Å²) in [6.45, 7) is 9.05. The van der Waals surface area contributed by atoms with Crippen molar-refractivity contribution in [1.82, 2.24) is 10.2 Å². The number of hydrogen-bond donors (Lipinski definition) is 2. The molecule has 0 aromatic carbocycles. The molecule has 1 atom stereocenters. The van der Waals surface area contributed by atoms with Gasteiger partial charge in [-0.1, -0.05) is 13.8 Å². The first-order valence-corrected chi connectivity index (χ1v) is 7.85. The SMILES string of the molecule is CCN(CC)CC(O)CNCC(C1CC1)C1CC1. The predicted octanol–water partition coefficient (Wildman–Crippen LogP) is 1.71. The molecule has 2 aliphatic rings. The van der Waals surface area contributed by atoms with Crippen LogP contribution in [0.1, 0.15) is 39.5 Å². The minimum atomic E-state index is -0.219. The molecule has 0 spiro atoms. The molecule has 0 aromatic heterocycles. The number of nitrogens with zero attached hydrogens (tertiary/aromatic N) is 1. The molecule has 1 unspecified atom stereocenters. The van der Waals surface area contributed by atoms with Gasteiger partial charge in [0.2, 0.25) is 0 Å². The van der Waals surface area contributed by atoms with Crippen LogP contribution in [0.15, 0.2) is 0 Å². The molecule has 2 saturated carbocycles. The molecule has 2 aliphatic carbocycles. The van der Waals surface area contributed by atoms with Crippen LogP contribution >= 0.6 is 0 Å². The lowest BCUT2D eigenvalue weighted by Crippen LogP contribution is -2.39. The standard InChI is InChI=1S/C15H30N2O/c1-3-17(4-2)11-14(18)9-16-10-15(12-5-6-12)13-7-8-13/h12-16,18H,3-11H2,1-2H3. The van der Waals surface area contributed by atoms with E-state index in [1.54, 1.807) is 0 Å². The van der Waals surface area contributed by atoms with Crippen LogP contribution in [0.4, 0.5) is 0 Å². The van der Waals surface area contributed by atoms with Crippen LogP contribution in [-0.2, 0) is 0 Å². The molecule has 0 radical (unpaired) electrons. The van der Waals surface area contributed by atoms with Gasteiger partial charge in [0.25, 0.3) is 0 Å². The summed E-state index contributed by atoms with van der Waals surface area (Å²) in [5.74, 6) is 2.92. The van der Waals surface area contributed by atoms with E-state index >= 15 is 0 Å². The van der Waals surface area contributed by atoms with Crippen molar-refractivity contribution in [1.29, 1.82) is 0 Å². The molecule has 106 valence electrons. The Bertz CT molecular complexity index is 223. The first-order valence-electron chi connectivity index (χ1n) is 7.85. The molecule has 0 aliphatic heterocycles. The Morgan fingerprint density at radius 1 is 1.06 bits per heavy atom. The van der Waals surface area contributed by atoms with Crippen molar-refractivity contribution in [3.63, 3.8) is 0 Å². The van der Waals surface area contributed by atoms with Gasteiger partial charge in [-0.3, -0.25) is 0 Å². The molecule has 18 heavy (non-hydrogen) atoms. The number of nitrogens with one attached hydrogen (secondary N) is 1. The highest BCUT2D eigenvalue weighted by atomic mass is 16.3. The van der Waals surface area contributed by atoms with Crippen LogP contribution in [0.2, 0.25) is 0 Å². The Morgan fingerprint density at radius 3 is 2.06 bits per heavy atom. The van der Waals surface area contributed by atoms with Gasteiger partial charge < -0.3 is 15.3 Å². The summed E-state index contributed by atoms with van der Waals surface area (Å²) < 4.78 is 0. The van der Waals surface area contributed by atoms with Gasteiger partial charge in [-0.05, 0) is 63.1 Å². The average molecular weight is 254 g/mol. The van der Waals surface area contributed by atoms with E-state index in [0.29, 0.717) is 0 Å². The van der Waals surface area contributed by atoms with E-state index in [2.05, 4.69) is 24.1 Å². The highest BCUT2D eigenvalue weighted by Crippen LogP contribution is 2.48. The van der Waals surface area contributed by atoms with E-state index in [9.17, 15) is 5.11 Å². The minimum Gasteiger partial charge on any atom is -0.390 e. The smallest absolute Gasteiger partial charge is 0.0791 e. The van der Waals surface area contributed by atoms with Crippen molar-refractivity contribution in [3.05, 3.63) is 0 Å². The first kappa shape index (κ1) is 14.3. The van der Waals surface area contributed by atoms with Crippen LogP contribution in [-0.4, -0.2) is 48.8 Å². The van der Waals surface area contributed by atoms with Crippen LogP contribution in [0.25, 0.3) is 0 Å². The Balaban J connectivity index is 1.58. The van der Waals surface area contributed by atoms with Crippen molar-refractivity contribution in [2.75, 3.05) is 32.7 Å². The van der Waals surface area contributed by atoms with Crippen LogP contribution in [0, 0.1) is 17.8 Å². The third kappa shape index (κ3) is 4.52. The molecule has 0 heterocycles. The normalized spacial score (nSPS) is 21.8. The topological polar surface area (TPSA) is 35.5 Å². The van der Waals surface area contributed by atoms with Crippen LogP contribution < -0.4 is 5.32 Å². The maximum atomic E-state index is 10.00. The predicted molar refractivity (Wildman–Crippen MR) is 75.6 cm³/mol. The second-order valence-electron chi connectivity index (χ2n) is 6.14. The average Bonchev–Trinajstić information content (AvgIpc) is 3.24. The van der Waals surface area contributed by atoms with Crippen LogP contribution in [0.3, 0.4) is 0 Å². The van der Waals surface area contributed by atoms with Gasteiger partial charge in [-0.15, -0.1) is 0 Å². The van der Waals surface area contributed by atoms with Gasteiger partial charge in [-0.25, -0.2) is 0 Å². The van der Waals surface area contributed by atoms with E-state index in [1.807, 2.05) is 0 Å². The second kappa shape index (κ2) is 6.88. The van der Waals surface area contributed by atoms with E-state index < -0.39 is 0 Å². The molecule has 2 N–H and O–H groups in total. The van der Waals surface area contributed by atoms with Gasteiger partial charge in [0, 0.05) is 13.1 Å². The van der Waals surface area contributed by atoms with E-state index in [4.69, 9.17) is 0 Å². The fourth-order valence-electron chi connectivity index (χ4n) is 3.03. The maximum absolute atomic E-state index is 10.00. The fourth-order valence-corrected chi connectivity index (χ4v) is 3.03. The highest BCUT2D eigenvalue weighted by Gasteiger charge is 2.40. The summed E-state index contributed by atoms with van der Waals surface area (Å²) in [6, 6.07) is 0. The Morgan fingerprint density at radius 2 is 1.61 bits per heavy atom. The summed E-state index contributed by atoms with van der Waals surface area (Å²) in [4.78, 5) is 2.28. The fraction of sp³-hybridized carbons (Fsp3) is 1.00. The summed E-state index contributed by atoms with van der Waals surface area (Å²) in [5, 5.41) is 13.5. The first-order chi connectivity index (χ1) is 8.74. The molecule has 0 aromatic rings. The lowest BCUT2D eigenvalue weighted by Gasteiger charge is -2.23. The largest absolute Gasteiger partial charge is 0.390 e. The zero-order valence-electron chi connectivity index (χ0n) is 12.1. The highest BCUT2D eigenvalue weighted by molar-refractivity contribution is 4.92. The quantitative estimate of drug-likeness (QED) is 0.623. The van der Waals surface area contributed by atoms with Crippen molar-refractivity contribution in [2.24, 2.45) is 17.8 Å². The van der Waals surface area contributed by atoms with Crippen molar-refractivity contribution < 1.29 is 5.11 Å². The Labute approximate surface area is 112 Å². The van der Waals surface area contributed by atoms with Gasteiger partial charge in [0.05, 0.1) is 6.10 Å². The van der Waals surface area contributed by atoms with Gasteiger partial charge in [-0.2, -0.15) is 0 Å². The minimum absolute atomic E-state index is 0.219. The monoisotopic (exact) mass is 254 g/mol. The van der Waals surface area contributed by atoms with E-state index in [0.717, 1.165) is 50.5 Å². The molecule has 3 nitrogen and oxygen atoms in total. The lowest BCUT2D eigenvalue weighted by atomic mass is 9.98. The molecule has 3 heteroatoms. The third-order valence-electron chi connectivity index (χ3n) is 4.58. The molecule has 0 bridgehead atoms. The van der Waals surface area contributed by atoms with Gasteiger partial charge in [0.1, 0.15) is 0 Å². The van der Waals surface area contributed by atoms with E-state index in [1.165, 1.54) is 25.7 Å². The van der Waals surface area contributed by atoms with Gasteiger partial charge >= 0.3 is 0 Å². The number of aliphatic hydroxyl groups is 1. The molecule has 0 saturated heterocycles. The molecular weight excluding hydrogens is 224 g/mol. The molecule has 2 rings (SSSR count). The Hall–Kier alpha value is -0.120. The number of likely N-dealkylation sites (N-methyl/N-ethyl adjacent to an activating group) is 1. The Kier molecular flexibility index (Phi) is 5.46. The third-order valence-corrected chi connectivity index (χ3v) is 4.58. The zero-order valence-corrected chi connectivity index (χ0v) is 12.1. The summed E-state index contributed by atoms with van der Waals surface area (Å²) >= 11 is 0. The second-order valence-corrected chi connectivity index (χ2v) is 6.14. The molecule has 0 amide bonds. The van der Waals surface area contributed by atoms with Gasteiger partial charge in [0.15, 0.2) is 0 Å². The number of hydrogen-bond acceptors (Lipinski definition) is 3. The number of rotatable bonds is 10. The number of aliphatic hydroxyl groups excluding tert-OH is 1. The maximum Gasteiger partial charge on any atom is 0.0791 e. The van der Waals surface area contributed by atoms with Crippen molar-refractivity contribution in [3.8, 4) is 0 Å². The van der Waals surface area contributed by atoms with Crippen LogP contribution in [0.5, 0.6) is 0 Å². The van der Waals surface area contributed by atoms with E-state index in [-0.39, 0.29) is 6.10 Å². The summed E-state index contributed by atoms with van der Waals surface area (Å²) in [6.07, 6.45) is 5.58. The van der Waals surface area contributed by atoms with Crippen molar-refractivity contribution >= 4 is 0 Å². The van der Waals surface area contributed by atoms with Crippen molar-refractivity contribution in [2.45, 2.75) is 45.6 Å². The zero-order chi connectivity index (χ0) is 13.0. The molecular formula is C15H30N2O. The molecule has 2 fully saturated rings. The summed E-state index contributed by atoms with van der Waals surface area (Å²) in [7, 11) is 0.